The number of pyridine rings is 2. The Morgan fingerprint density at radius 1 is 0.426 bits per heavy atom. The van der Waals surface area contributed by atoms with E-state index in [1.54, 1.807) is 0 Å². The van der Waals surface area contributed by atoms with Crippen molar-refractivity contribution in [1.29, 1.82) is 0 Å². The Morgan fingerprint density at radius 3 is 1.20 bits per heavy atom. The summed E-state index contributed by atoms with van der Waals surface area (Å²) >= 11 is 0. The third-order valence-corrected chi connectivity index (χ3v) is 10.5. The highest BCUT2D eigenvalue weighted by molar-refractivity contribution is 5.83. The van der Waals surface area contributed by atoms with Gasteiger partial charge in [-0.15, -0.1) is 0 Å². The summed E-state index contributed by atoms with van der Waals surface area (Å²) in [4.78, 5) is 12.6. The average Bonchev–Trinajstić information content (AvgIpc) is 3.80. The van der Waals surface area contributed by atoms with Crippen molar-refractivity contribution in [3.8, 4) is 45.9 Å². The van der Waals surface area contributed by atoms with Crippen LogP contribution in [-0.2, 0) is 0 Å². The predicted octanol–water partition coefficient (Wildman–Crippen LogP) is 13.5. The van der Waals surface area contributed by atoms with Crippen molar-refractivity contribution in [1.82, 2.24) is 19.1 Å². The van der Waals surface area contributed by atoms with Gasteiger partial charge in [0.1, 0.15) is 0 Å². The minimum atomic E-state index is 0.310. The zero-order valence-electron chi connectivity index (χ0n) is 32.6. The normalized spacial score (nSPS) is 12.5. The second-order valence-electron chi connectivity index (χ2n) is 15.6. The van der Waals surface area contributed by atoms with Gasteiger partial charge in [-0.1, -0.05) is 122 Å². The van der Waals surface area contributed by atoms with Crippen molar-refractivity contribution < 1.29 is 4.74 Å². The maximum Gasteiger partial charge on any atom is 0.221 e. The van der Waals surface area contributed by atoms with Crippen LogP contribution in [0.25, 0.3) is 34.2 Å². The fourth-order valence-electron chi connectivity index (χ4n) is 7.85. The van der Waals surface area contributed by atoms with Crippen LogP contribution in [0.15, 0.2) is 128 Å². The van der Waals surface area contributed by atoms with E-state index >= 15 is 0 Å². The molecule has 7 aromatic rings. The Morgan fingerprint density at radius 2 is 0.815 bits per heavy atom. The summed E-state index contributed by atoms with van der Waals surface area (Å²) < 4.78 is 11.2. The number of hydrogen-bond acceptors (Lipinski definition) is 4. The second kappa shape index (κ2) is 14.2. The molecule has 6 heteroatoms. The molecule has 0 fully saturated rings. The molecule has 0 aliphatic carbocycles. The molecule has 54 heavy (non-hydrogen) atoms. The molecule has 1 aliphatic heterocycles. The number of benzene rings is 3. The first-order valence-electron chi connectivity index (χ1n) is 19.3. The van der Waals surface area contributed by atoms with Gasteiger partial charge < -0.3 is 18.8 Å². The maximum absolute atomic E-state index is 6.48. The standard InChI is InChI=1S/C48H49N5O/c1-30(2)37-18-12-19-38(31(3)4)47(37)51-28-35-26-43(51)41-22-14-24-45(49-41)54-46-25-15-23-42(50-46)44-27-36(53(35)34-16-10-9-11-17-34)29-52(44)48-39(32(5)6)20-13-21-40(48)33(7)8/h9-33H,1-8H3. The van der Waals surface area contributed by atoms with Gasteiger partial charge in [-0.3, -0.25) is 0 Å². The number of rotatable bonds is 7. The minimum Gasteiger partial charge on any atom is -0.421 e. The molecular formula is C48H49N5O. The number of nitrogens with zero attached hydrogens (tertiary/aromatic N) is 5. The van der Waals surface area contributed by atoms with E-state index in [1.807, 2.05) is 24.3 Å². The Hall–Kier alpha value is -5.88. The van der Waals surface area contributed by atoms with Crippen molar-refractivity contribution in [2.24, 2.45) is 0 Å². The summed E-state index contributed by atoms with van der Waals surface area (Å²) in [5, 5.41) is 0. The lowest BCUT2D eigenvalue weighted by Crippen LogP contribution is -2.10. The van der Waals surface area contributed by atoms with Gasteiger partial charge >= 0.3 is 0 Å². The number of anilines is 3. The summed E-state index contributed by atoms with van der Waals surface area (Å²) in [7, 11) is 0. The van der Waals surface area contributed by atoms with Crippen LogP contribution in [-0.4, -0.2) is 19.1 Å². The number of para-hydroxylation sites is 3. The lowest BCUT2D eigenvalue weighted by molar-refractivity contribution is 0.446. The molecule has 8 bridgehead atoms. The molecule has 0 unspecified atom stereocenters. The molecule has 272 valence electrons. The summed E-state index contributed by atoms with van der Waals surface area (Å²) in [6, 6.07) is 40.7. The van der Waals surface area contributed by atoms with Crippen molar-refractivity contribution >= 4 is 17.1 Å². The van der Waals surface area contributed by atoms with Gasteiger partial charge in [0.25, 0.3) is 0 Å². The average molecular weight is 712 g/mol. The minimum absolute atomic E-state index is 0.310. The molecular weight excluding hydrogens is 663 g/mol. The zero-order valence-corrected chi connectivity index (χ0v) is 32.6. The van der Waals surface area contributed by atoms with Crippen LogP contribution in [0.2, 0.25) is 0 Å². The SMILES string of the molecule is CC(C)c1cccc(C(C)C)c1-n1cc2cc1-c1cccc(n1)Oc1cccc(n1)-c1cc(cn1-c1c(C(C)C)cccc1C(C)C)N2c1ccccc1. The molecule has 0 radical (unpaired) electrons. The van der Waals surface area contributed by atoms with Crippen LogP contribution < -0.4 is 9.64 Å². The molecule has 1 aliphatic rings. The van der Waals surface area contributed by atoms with Crippen LogP contribution >= 0.6 is 0 Å². The summed E-state index contributed by atoms with van der Waals surface area (Å²) in [5.41, 5.74) is 14.3. The fraction of sp³-hybridized carbons (Fsp3) is 0.250. The number of ether oxygens (including phenoxy) is 1. The van der Waals surface area contributed by atoms with Crippen molar-refractivity contribution in [2.75, 3.05) is 4.90 Å². The van der Waals surface area contributed by atoms with Crippen molar-refractivity contribution in [3.05, 3.63) is 150 Å². The van der Waals surface area contributed by atoms with Gasteiger partial charge in [0.15, 0.2) is 0 Å². The largest absolute Gasteiger partial charge is 0.421 e. The predicted molar refractivity (Wildman–Crippen MR) is 223 cm³/mol. The monoisotopic (exact) mass is 711 g/mol. The third kappa shape index (κ3) is 6.30. The highest BCUT2D eigenvalue weighted by Crippen LogP contribution is 2.45. The molecule has 4 aromatic heterocycles. The number of aromatic nitrogens is 4. The molecule has 0 N–H and O–H groups in total. The van der Waals surface area contributed by atoms with E-state index < -0.39 is 0 Å². The van der Waals surface area contributed by atoms with E-state index in [0.717, 1.165) is 39.8 Å². The smallest absolute Gasteiger partial charge is 0.221 e. The molecule has 3 aromatic carbocycles. The summed E-state index contributed by atoms with van der Waals surface area (Å²) in [6.45, 7) is 18.2. The lowest BCUT2D eigenvalue weighted by Gasteiger charge is -2.24. The zero-order chi connectivity index (χ0) is 37.7. The van der Waals surface area contributed by atoms with Gasteiger partial charge in [-0.2, -0.15) is 0 Å². The lowest BCUT2D eigenvalue weighted by atomic mass is 9.92. The van der Waals surface area contributed by atoms with Gasteiger partial charge in [0, 0.05) is 30.2 Å². The van der Waals surface area contributed by atoms with Crippen LogP contribution in [0.4, 0.5) is 17.1 Å². The Kier molecular flexibility index (Phi) is 9.22. The molecule has 0 saturated heterocycles. The molecule has 6 nitrogen and oxygen atoms in total. The topological polar surface area (TPSA) is 48.1 Å². The number of fused-ring (bicyclic) bond motifs is 10. The first-order valence-corrected chi connectivity index (χ1v) is 19.3. The third-order valence-electron chi connectivity index (χ3n) is 10.5. The van der Waals surface area contributed by atoms with Gasteiger partial charge in [-0.25, -0.2) is 9.97 Å². The highest BCUT2D eigenvalue weighted by atomic mass is 16.5. The molecule has 0 saturated carbocycles. The van der Waals surface area contributed by atoms with E-state index in [2.05, 4.69) is 173 Å². The van der Waals surface area contributed by atoms with Crippen molar-refractivity contribution in [3.63, 3.8) is 0 Å². The first kappa shape index (κ1) is 35.2. The molecule has 8 rings (SSSR count). The van der Waals surface area contributed by atoms with E-state index in [4.69, 9.17) is 14.7 Å². The Labute approximate surface area is 319 Å². The van der Waals surface area contributed by atoms with E-state index in [9.17, 15) is 0 Å². The summed E-state index contributed by atoms with van der Waals surface area (Å²) in [6.07, 6.45) is 4.59. The van der Waals surface area contributed by atoms with Gasteiger partial charge in [0.2, 0.25) is 11.8 Å². The van der Waals surface area contributed by atoms with Crippen LogP contribution in [0, 0.1) is 0 Å². The number of hydrogen-bond donors (Lipinski definition) is 0. The van der Waals surface area contributed by atoms with E-state index in [1.165, 1.54) is 33.6 Å². The van der Waals surface area contributed by atoms with Crippen LogP contribution in [0.5, 0.6) is 11.8 Å². The molecule has 0 amide bonds. The maximum atomic E-state index is 6.48. The van der Waals surface area contributed by atoms with Crippen molar-refractivity contribution in [2.45, 2.75) is 79.1 Å². The second-order valence-corrected chi connectivity index (χ2v) is 15.6. The van der Waals surface area contributed by atoms with Gasteiger partial charge in [-0.05, 0) is 82.3 Å². The summed E-state index contributed by atoms with van der Waals surface area (Å²) in [5.74, 6) is 2.23. The Balaban J connectivity index is 1.50. The van der Waals surface area contributed by atoms with Gasteiger partial charge in [0.05, 0.1) is 45.5 Å². The van der Waals surface area contributed by atoms with E-state index in [0.29, 0.717) is 35.4 Å². The first-order chi connectivity index (χ1) is 26.1. The molecule has 0 spiro atoms. The molecule has 5 heterocycles. The highest BCUT2D eigenvalue weighted by Gasteiger charge is 2.27. The fourth-order valence-corrected chi connectivity index (χ4v) is 7.85. The van der Waals surface area contributed by atoms with Crippen LogP contribution in [0.3, 0.4) is 0 Å². The van der Waals surface area contributed by atoms with Crippen LogP contribution in [0.1, 0.15) is 101 Å². The van der Waals surface area contributed by atoms with E-state index in [-0.39, 0.29) is 0 Å². The Bertz CT molecular complexity index is 2250. The quantitative estimate of drug-likeness (QED) is 0.165. The molecule has 0 atom stereocenters.